The fourth-order valence-electron chi connectivity index (χ4n) is 1.35. The predicted molar refractivity (Wildman–Crippen MR) is 72.8 cm³/mol. The molecule has 0 aliphatic carbocycles. The molecule has 19 heavy (non-hydrogen) atoms. The number of rotatable bonds is 4. The number of ketones is 1. The maximum absolute atomic E-state index is 12.0. The molecule has 1 heterocycles. The Labute approximate surface area is 124 Å². The van der Waals surface area contributed by atoms with Crippen LogP contribution in [0.5, 0.6) is 0 Å². The minimum absolute atomic E-state index is 0.122. The van der Waals surface area contributed by atoms with Gasteiger partial charge in [-0.15, -0.1) is 0 Å². The van der Waals surface area contributed by atoms with Crippen molar-refractivity contribution in [3.05, 3.63) is 49.1 Å². The van der Waals surface area contributed by atoms with Gasteiger partial charge < -0.3 is 10.1 Å². The standard InChI is InChI=1S/C10H6Br2N4O3/c11-7-3-1-6(2-4-7)8(17)5-15-9(12)13-10(14-15)16(18)19/h1-4H,5H2. The van der Waals surface area contributed by atoms with Crippen LogP contribution < -0.4 is 0 Å². The lowest BCUT2D eigenvalue weighted by molar-refractivity contribution is -0.394. The van der Waals surface area contributed by atoms with Crippen LogP contribution in [0.25, 0.3) is 0 Å². The second kappa shape index (κ2) is 5.57. The van der Waals surface area contributed by atoms with Gasteiger partial charge in [0.1, 0.15) is 6.54 Å². The lowest BCUT2D eigenvalue weighted by Gasteiger charge is -1.99. The molecule has 1 aromatic heterocycles. The second-order valence-electron chi connectivity index (χ2n) is 3.53. The fraction of sp³-hybridized carbons (Fsp3) is 0.100. The van der Waals surface area contributed by atoms with Gasteiger partial charge in [0.2, 0.25) is 0 Å². The van der Waals surface area contributed by atoms with Gasteiger partial charge in [0.25, 0.3) is 4.73 Å². The highest BCUT2D eigenvalue weighted by Gasteiger charge is 2.21. The smallest absolute Gasteiger partial charge is 0.390 e. The average Bonchev–Trinajstić information content (AvgIpc) is 2.72. The van der Waals surface area contributed by atoms with Crippen molar-refractivity contribution in [2.75, 3.05) is 0 Å². The highest BCUT2D eigenvalue weighted by Crippen LogP contribution is 2.15. The van der Waals surface area contributed by atoms with Gasteiger partial charge in [-0.1, -0.05) is 28.1 Å². The van der Waals surface area contributed by atoms with E-state index >= 15 is 0 Å². The molecular formula is C10H6Br2N4O3. The third-order valence-corrected chi connectivity index (χ3v) is 3.35. The predicted octanol–water partition coefficient (Wildman–Crippen LogP) is 2.59. The number of halogens is 2. The van der Waals surface area contributed by atoms with Crippen molar-refractivity contribution in [3.63, 3.8) is 0 Å². The lowest BCUT2D eigenvalue weighted by Crippen LogP contribution is -2.12. The molecule has 98 valence electrons. The first kappa shape index (κ1) is 13.8. The van der Waals surface area contributed by atoms with Crippen molar-refractivity contribution in [1.29, 1.82) is 0 Å². The van der Waals surface area contributed by atoms with Crippen LogP contribution in [-0.4, -0.2) is 25.5 Å². The van der Waals surface area contributed by atoms with Gasteiger partial charge in [-0.05, 0) is 22.0 Å². The van der Waals surface area contributed by atoms with E-state index in [0.717, 1.165) is 9.15 Å². The molecule has 0 N–H and O–H groups in total. The van der Waals surface area contributed by atoms with Crippen LogP contribution in [0, 0.1) is 10.1 Å². The van der Waals surface area contributed by atoms with E-state index in [9.17, 15) is 14.9 Å². The Morgan fingerprint density at radius 1 is 1.32 bits per heavy atom. The molecule has 0 amide bonds. The number of carbonyl (C=O) groups excluding carboxylic acids is 1. The van der Waals surface area contributed by atoms with Gasteiger partial charge >= 0.3 is 5.95 Å². The maximum atomic E-state index is 12.0. The molecule has 2 aromatic rings. The van der Waals surface area contributed by atoms with E-state index in [-0.39, 0.29) is 17.1 Å². The number of benzene rings is 1. The van der Waals surface area contributed by atoms with E-state index in [2.05, 4.69) is 41.9 Å². The van der Waals surface area contributed by atoms with Crippen molar-refractivity contribution in [2.24, 2.45) is 0 Å². The average molecular weight is 390 g/mol. The molecule has 0 aliphatic rings. The summed E-state index contributed by atoms with van der Waals surface area (Å²) in [7, 11) is 0. The highest BCUT2D eigenvalue weighted by atomic mass is 79.9. The van der Waals surface area contributed by atoms with E-state index < -0.39 is 10.9 Å². The summed E-state index contributed by atoms with van der Waals surface area (Å²) in [5.74, 6) is -0.761. The molecule has 0 bridgehead atoms. The molecule has 7 nitrogen and oxygen atoms in total. The van der Waals surface area contributed by atoms with E-state index in [4.69, 9.17) is 0 Å². The molecule has 0 fully saturated rings. The Bertz CT molecular complexity index is 639. The molecule has 0 radical (unpaired) electrons. The zero-order chi connectivity index (χ0) is 14.0. The number of Topliss-reactive ketones (excluding diaryl/α,β-unsaturated/α-hetero) is 1. The summed E-state index contributed by atoms with van der Waals surface area (Å²) in [5, 5.41) is 14.1. The molecule has 0 saturated heterocycles. The summed E-state index contributed by atoms with van der Waals surface area (Å²) in [6.07, 6.45) is 0. The van der Waals surface area contributed by atoms with E-state index in [1.807, 2.05) is 0 Å². The van der Waals surface area contributed by atoms with E-state index in [1.54, 1.807) is 24.3 Å². The number of hydrogen-bond acceptors (Lipinski definition) is 5. The quantitative estimate of drug-likeness (QED) is 0.455. The monoisotopic (exact) mass is 388 g/mol. The number of nitrogens with zero attached hydrogens (tertiary/aromatic N) is 4. The van der Waals surface area contributed by atoms with Crippen LogP contribution in [0.15, 0.2) is 33.5 Å². The van der Waals surface area contributed by atoms with Crippen LogP contribution >= 0.6 is 31.9 Å². The molecule has 2 rings (SSSR count). The van der Waals surface area contributed by atoms with Crippen molar-refractivity contribution >= 4 is 43.6 Å². The van der Waals surface area contributed by atoms with Gasteiger partial charge in [-0.2, -0.15) is 4.68 Å². The van der Waals surface area contributed by atoms with Crippen molar-refractivity contribution in [3.8, 4) is 0 Å². The number of aromatic nitrogens is 3. The highest BCUT2D eigenvalue weighted by molar-refractivity contribution is 9.10. The van der Waals surface area contributed by atoms with Gasteiger partial charge in [0.05, 0.1) is 0 Å². The Morgan fingerprint density at radius 2 is 1.95 bits per heavy atom. The van der Waals surface area contributed by atoms with Crippen molar-refractivity contribution in [1.82, 2.24) is 14.8 Å². The zero-order valence-corrected chi connectivity index (χ0v) is 12.5. The first-order chi connectivity index (χ1) is 8.97. The number of nitro groups is 1. The Kier molecular flexibility index (Phi) is 4.05. The van der Waals surface area contributed by atoms with E-state index in [1.165, 1.54) is 0 Å². The summed E-state index contributed by atoms with van der Waals surface area (Å²) in [6, 6.07) is 6.80. The number of carbonyl (C=O) groups is 1. The summed E-state index contributed by atoms with van der Waals surface area (Å²) in [4.78, 5) is 25.3. The molecule has 0 saturated carbocycles. The molecule has 0 unspecified atom stereocenters. The van der Waals surface area contributed by atoms with Crippen molar-refractivity contribution < 1.29 is 9.72 Å². The van der Waals surface area contributed by atoms with Gasteiger partial charge in [-0.25, -0.2) is 0 Å². The SMILES string of the molecule is O=C(Cn1nc([N+](=O)[O-])nc1Br)c1ccc(Br)cc1. The van der Waals surface area contributed by atoms with Crippen LogP contribution in [0.4, 0.5) is 5.95 Å². The fourth-order valence-corrected chi connectivity index (χ4v) is 1.98. The third-order valence-electron chi connectivity index (χ3n) is 2.24. The number of hydrogen-bond donors (Lipinski definition) is 0. The summed E-state index contributed by atoms with van der Waals surface area (Å²) in [6.45, 7) is -0.122. The van der Waals surface area contributed by atoms with Crippen LogP contribution in [0.3, 0.4) is 0 Å². The first-order valence-electron chi connectivity index (χ1n) is 5.01. The molecule has 0 spiro atoms. The molecule has 1 aromatic carbocycles. The third kappa shape index (κ3) is 3.24. The summed E-state index contributed by atoms with van der Waals surface area (Å²) < 4.78 is 2.15. The minimum Gasteiger partial charge on any atom is -0.390 e. The largest absolute Gasteiger partial charge is 0.492 e. The molecule has 0 atom stereocenters. The lowest BCUT2D eigenvalue weighted by atomic mass is 10.1. The first-order valence-corrected chi connectivity index (χ1v) is 6.59. The zero-order valence-electron chi connectivity index (χ0n) is 9.29. The van der Waals surface area contributed by atoms with Gasteiger partial charge in [0.15, 0.2) is 5.78 Å². The Balaban J connectivity index is 2.19. The Morgan fingerprint density at radius 3 is 2.47 bits per heavy atom. The summed E-state index contributed by atoms with van der Waals surface area (Å²) >= 11 is 6.29. The van der Waals surface area contributed by atoms with Gasteiger partial charge in [0, 0.05) is 31.1 Å². The molecular weight excluding hydrogens is 384 g/mol. The molecule has 9 heteroatoms. The summed E-state index contributed by atoms with van der Waals surface area (Å²) in [5.41, 5.74) is 0.494. The topological polar surface area (TPSA) is 90.9 Å². The Hall–Kier alpha value is -1.61. The van der Waals surface area contributed by atoms with Crippen LogP contribution in [-0.2, 0) is 6.54 Å². The van der Waals surface area contributed by atoms with E-state index in [0.29, 0.717) is 5.56 Å². The minimum atomic E-state index is -0.717. The van der Waals surface area contributed by atoms with Crippen LogP contribution in [0.2, 0.25) is 0 Å². The van der Waals surface area contributed by atoms with Gasteiger partial charge in [-0.3, -0.25) is 4.79 Å². The van der Waals surface area contributed by atoms with Crippen LogP contribution in [0.1, 0.15) is 10.4 Å². The maximum Gasteiger partial charge on any atom is 0.492 e. The second-order valence-corrected chi connectivity index (χ2v) is 5.15. The molecule has 0 aliphatic heterocycles. The van der Waals surface area contributed by atoms with Crippen molar-refractivity contribution in [2.45, 2.75) is 6.54 Å². The normalized spacial score (nSPS) is 10.4.